The van der Waals surface area contributed by atoms with Gasteiger partial charge in [0.1, 0.15) is 5.69 Å². The van der Waals surface area contributed by atoms with E-state index in [0.717, 1.165) is 33.8 Å². The number of hydrogen-bond acceptors (Lipinski definition) is 5. The minimum Gasteiger partial charge on any atom is -0.478 e. The van der Waals surface area contributed by atoms with Crippen LogP contribution in [0.5, 0.6) is 0 Å². The molecule has 154 valence electrons. The van der Waals surface area contributed by atoms with E-state index in [2.05, 4.69) is 0 Å². The number of amides is 1. The van der Waals surface area contributed by atoms with Gasteiger partial charge < -0.3 is 14.4 Å². The number of fused-ring (bicyclic) bond motifs is 3. The molecule has 0 bridgehead atoms. The fourth-order valence-electron chi connectivity index (χ4n) is 3.90. The van der Waals surface area contributed by atoms with Gasteiger partial charge in [-0.3, -0.25) is 15.0 Å². The van der Waals surface area contributed by atoms with E-state index in [1.54, 1.807) is 16.4 Å². The van der Waals surface area contributed by atoms with Gasteiger partial charge in [0.05, 0.1) is 35.7 Å². The van der Waals surface area contributed by atoms with Gasteiger partial charge in [-0.15, -0.1) is 0 Å². The molecule has 0 atom stereocenters. The monoisotopic (exact) mass is 409 g/mol. The number of carboxylic acid groups (broad SMARTS) is 1. The van der Waals surface area contributed by atoms with Gasteiger partial charge in [-0.25, -0.2) is 9.59 Å². The van der Waals surface area contributed by atoms with E-state index in [1.165, 1.54) is 12.1 Å². The van der Waals surface area contributed by atoms with Gasteiger partial charge in [-0.1, -0.05) is 11.6 Å². The first-order valence-electron chi connectivity index (χ1n) is 9.38. The van der Waals surface area contributed by atoms with E-state index in [-0.39, 0.29) is 30.1 Å². The Morgan fingerprint density at radius 1 is 1.20 bits per heavy atom. The number of aromatic carboxylic acids is 1. The number of rotatable bonds is 4. The van der Waals surface area contributed by atoms with Crippen molar-refractivity contribution in [1.82, 2.24) is 9.47 Å². The van der Waals surface area contributed by atoms with Crippen molar-refractivity contribution in [3.05, 3.63) is 68.9 Å². The van der Waals surface area contributed by atoms with Gasteiger partial charge in [0.15, 0.2) is 0 Å². The number of hydrogen-bond donors (Lipinski definition) is 1. The summed E-state index contributed by atoms with van der Waals surface area (Å²) < 4.78 is 6.86. The molecule has 1 aliphatic rings. The van der Waals surface area contributed by atoms with Gasteiger partial charge in [-0.2, -0.15) is 0 Å². The molecule has 9 nitrogen and oxygen atoms in total. The number of ether oxygens (including phenoxy) is 1. The predicted octanol–water partition coefficient (Wildman–Crippen LogP) is 4.02. The van der Waals surface area contributed by atoms with Crippen molar-refractivity contribution in [3.8, 4) is 5.69 Å². The highest BCUT2D eigenvalue weighted by atomic mass is 16.6. The highest BCUT2D eigenvalue weighted by Crippen LogP contribution is 2.38. The van der Waals surface area contributed by atoms with Gasteiger partial charge in [0, 0.05) is 22.7 Å². The molecule has 0 saturated carbocycles. The maximum atomic E-state index is 12.3. The Balaban J connectivity index is 1.96. The fraction of sp³-hybridized carbons (Fsp3) is 0.238. The molecular weight excluding hydrogens is 390 g/mol. The number of aromatic nitrogens is 1. The molecule has 0 radical (unpaired) electrons. The Kier molecular flexibility index (Phi) is 4.65. The first-order valence-corrected chi connectivity index (χ1v) is 9.38. The fourth-order valence-corrected chi connectivity index (χ4v) is 3.90. The van der Waals surface area contributed by atoms with Crippen LogP contribution in [0.25, 0.3) is 16.6 Å². The predicted molar refractivity (Wildman–Crippen MR) is 108 cm³/mol. The van der Waals surface area contributed by atoms with Crippen LogP contribution in [-0.4, -0.2) is 38.2 Å². The van der Waals surface area contributed by atoms with Crippen LogP contribution in [0.2, 0.25) is 0 Å². The maximum absolute atomic E-state index is 12.3. The average Bonchev–Trinajstić information content (AvgIpc) is 3.25. The lowest BCUT2D eigenvalue weighted by molar-refractivity contribution is -0.384. The van der Waals surface area contributed by atoms with Crippen LogP contribution >= 0.6 is 0 Å². The summed E-state index contributed by atoms with van der Waals surface area (Å²) in [4.78, 5) is 36.3. The summed E-state index contributed by atoms with van der Waals surface area (Å²) in [6.07, 6.45) is -0.447. The number of benzene rings is 2. The Bertz CT molecular complexity index is 1210. The molecule has 4 rings (SSSR count). The third kappa shape index (κ3) is 3.04. The number of aryl methyl sites for hydroxylation is 1. The molecule has 0 aliphatic carbocycles. The highest BCUT2D eigenvalue weighted by molar-refractivity contribution is 5.92. The van der Waals surface area contributed by atoms with Crippen molar-refractivity contribution >= 4 is 28.7 Å². The Morgan fingerprint density at radius 2 is 1.97 bits per heavy atom. The van der Waals surface area contributed by atoms with Crippen molar-refractivity contribution in [2.75, 3.05) is 6.61 Å². The van der Waals surface area contributed by atoms with E-state index in [4.69, 9.17) is 4.74 Å². The second-order valence-electron chi connectivity index (χ2n) is 7.10. The summed E-state index contributed by atoms with van der Waals surface area (Å²) in [5, 5.41) is 21.9. The highest BCUT2D eigenvalue weighted by Gasteiger charge is 2.33. The van der Waals surface area contributed by atoms with Crippen LogP contribution < -0.4 is 0 Å². The zero-order chi connectivity index (χ0) is 21.6. The zero-order valence-corrected chi connectivity index (χ0v) is 16.4. The first kappa shape index (κ1) is 19.4. The quantitative estimate of drug-likeness (QED) is 0.514. The molecule has 2 aromatic carbocycles. The molecule has 9 heteroatoms. The molecular formula is C21H19N3O6. The van der Waals surface area contributed by atoms with Crippen LogP contribution in [0.3, 0.4) is 0 Å². The second kappa shape index (κ2) is 7.18. The number of carbonyl (C=O) groups is 2. The molecule has 1 aliphatic heterocycles. The number of carboxylic acids is 1. The van der Waals surface area contributed by atoms with Crippen molar-refractivity contribution in [2.24, 2.45) is 0 Å². The molecule has 3 aromatic rings. The summed E-state index contributed by atoms with van der Waals surface area (Å²) in [6.45, 7) is 4.50. The van der Waals surface area contributed by atoms with Gasteiger partial charge in [-0.05, 0) is 38.1 Å². The molecule has 2 heterocycles. The lowest BCUT2D eigenvalue weighted by atomic mass is 10.1. The van der Waals surface area contributed by atoms with Crippen LogP contribution in [0, 0.1) is 17.0 Å². The zero-order valence-electron chi connectivity index (χ0n) is 16.4. The molecule has 30 heavy (non-hydrogen) atoms. The van der Waals surface area contributed by atoms with E-state index in [1.807, 2.05) is 25.1 Å². The van der Waals surface area contributed by atoms with Crippen LogP contribution in [0.4, 0.5) is 10.5 Å². The van der Waals surface area contributed by atoms with Crippen molar-refractivity contribution in [2.45, 2.75) is 26.9 Å². The molecule has 0 fully saturated rings. The van der Waals surface area contributed by atoms with E-state index < -0.39 is 17.0 Å². The number of nitro groups is 1. The van der Waals surface area contributed by atoms with Gasteiger partial charge in [0.2, 0.25) is 0 Å². The Hall–Kier alpha value is -3.88. The summed E-state index contributed by atoms with van der Waals surface area (Å²) in [5.74, 6) is -1.24. The smallest absolute Gasteiger partial charge is 0.410 e. The Labute approximate surface area is 171 Å². The molecule has 1 amide bonds. The molecule has 1 N–H and O–H groups in total. The summed E-state index contributed by atoms with van der Waals surface area (Å²) in [5.41, 5.74) is 3.21. The van der Waals surface area contributed by atoms with E-state index >= 15 is 0 Å². The van der Waals surface area contributed by atoms with Crippen LogP contribution in [0.15, 0.2) is 36.4 Å². The van der Waals surface area contributed by atoms with Crippen molar-refractivity contribution in [3.63, 3.8) is 0 Å². The topological polar surface area (TPSA) is 115 Å². The molecule has 0 spiro atoms. The molecule has 0 saturated heterocycles. The van der Waals surface area contributed by atoms with Crippen molar-refractivity contribution in [1.29, 1.82) is 0 Å². The first-order chi connectivity index (χ1) is 14.3. The SMILES string of the molecule is CCOC(=O)N1Cc2c(n(-c3ccc(C(=O)O)cc3[N+](=O)[O-])c3ccc(C)cc23)C1. The van der Waals surface area contributed by atoms with Crippen LogP contribution in [0.1, 0.15) is 34.1 Å². The van der Waals surface area contributed by atoms with Gasteiger partial charge >= 0.3 is 12.1 Å². The lowest BCUT2D eigenvalue weighted by Crippen LogP contribution is -2.26. The van der Waals surface area contributed by atoms with Crippen LogP contribution in [-0.2, 0) is 17.8 Å². The molecule has 0 unspecified atom stereocenters. The minimum atomic E-state index is -1.24. The average molecular weight is 409 g/mol. The summed E-state index contributed by atoms with van der Waals surface area (Å²) in [7, 11) is 0. The largest absolute Gasteiger partial charge is 0.478 e. The number of carbonyl (C=O) groups excluding carboxylic acids is 1. The summed E-state index contributed by atoms with van der Waals surface area (Å²) >= 11 is 0. The standard InChI is InChI=1S/C21H19N3O6/c1-3-30-21(27)22-10-15-14-8-12(2)4-6-16(14)23(19(15)11-22)17-7-5-13(20(25)26)9-18(17)24(28)29/h4-9H,3,10-11H2,1-2H3,(H,25,26). The lowest BCUT2D eigenvalue weighted by Gasteiger charge is -2.17. The molecule has 1 aromatic heterocycles. The van der Waals surface area contributed by atoms with Gasteiger partial charge in [0.25, 0.3) is 5.69 Å². The Morgan fingerprint density at radius 3 is 2.63 bits per heavy atom. The second-order valence-corrected chi connectivity index (χ2v) is 7.10. The number of nitrogens with zero attached hydrogens (tertiary/aromatic N) is 3. The normalized spacial score (nSPS) is 12.8. The van der Waals surface area contributed by atoms with E-state index in [9.17, 15) is 24.8 Å². The minimum absolute atomic E-state index is 0.164. The summed E-state index contributed by atoms with van der Waals surface area (Å²) in [6, 6.07) is 9.61. The van der Waals surface area contributed by atoms with Crippen molar-refractivity contribution < 1.29 is 24.4 Å². The van der Waals surface area contributed by atoms with E-state index in [0.29, 0.717) is 6.54 Å². The third-order valence-electron chi connectivity index (χ3n) is 5.21. The maximum Gasteiger partial charge on any atom is 0.410 e. The number of nitro benzene ring substituents is 1. The third-order valence-corrected chi connectivity index (χ3v) is 5.21.